The van der Waals surface area contributed by atoms with E-state index >= 15 is 0 Å². The Bertz CT molecular complexity index is 925. The molecule has 0 aromatic heterocycles. The molecule has 0 heterocycles. The molecule has 40 heavy (non-hydrogen) atoms. The van der Waals surface area contributed by atoms with Gasteiger partial charge in [-0.15, -0.1) is 0 Å². The van der Waals surface area contributed by atoms with Gasteiger partial charge in [0.2, 0.25) is 5.91 Å². The highest BCUT2D eigenvalue weighted by molar-refractivity contribution is 7.46. The molecule has 1 aromatic rings. The Morgan fingerprint density at radius 2 is 1.32 bits per heavy atom. The summed E-state index contributed by atoms with van der Waals surface area (Å²) in [5, 5.41) is 2.85. The Morgan fingerprint density at radius 1 is 0.850 bits per heavy atom. The zero-order valence-electron chi connectivity index (χ0n) is 25.8. The molecule has 1 aromatic carbocycles. The molecule has 3 N–H and O–H groups in total. The number of anilines is 1. The second-order valence-corrected chi connectivity index (χ2v) is 13.3. The number of nitrogens with one attached hydrogen (secondary N) is 1. The lowest BCUT2D eigenvalue weighted by Crippen LogP contribution is -2.39. The number of rotatable bonds is 23. The van der Waals surface area contributed by atoms with Crippen molar-refractivity contribution >= 4 is 25.2 Å². The Labute approximate surface area is 243 Å². The van der Waals surface area contributed by atoms with E-state index in [-0.39, 0.29) is 23.8 Å². The summed E-state index contributed by atoms with van der Waals surface area (Å²) in [6, 6.07) is 4.93. The van der Waals surface area contributed by atoms with Crippen LogP contribution in [0.4, 0.5) is 5.69 Å². The highest BCUT2D eigenvalue weighted by Gasteiger charge is 2.32. The van der Waals surface area contributed by atoms with E-state index in [1.165, 1.54) is 84.0 Å². The third kappa shape index (κ3) is 17.3. The Kier molecular flexibility index (Phi) is 17.8. The summed E-state index contributed by atoms with van der Waals surface area (Å²) < 4.78 is 17.1. The van der Waals surface area contributed by atoms with Crippen LogP contribution in [-0.4, -0.2) is 53.6 Å². The zero-order chi connectivity index (χ0) is 30.0. The molecule has 1 rings (SSSR count). The van der Waals surface area contributed by atoms with E-state index in [4.69, 9.17) is 4.52 Å². The fraction of sp³-hybridized carbons (Fsp3) is 0.742. The van der Waals surface area contributed by atoms with E-state index in [0.29, 0.717) is 22.2 Å². The highest BCUT2D eigenvalue weighted by Crippen LogP contribution is 2.44. The number of nitrogens with zero attached hydrogens (tertiary/aromatic N) is 1. The lowest BCUT2D eigenvalue weighted by molar-refractivity contribution is -0.874. The van der Waals surface area contributed by atoms with Crippen LogP contribution in [0.15, 0.2) is 18.2 Å². The molecule has 0 aliphatic rings. The maximum Gasteiger partial charge on any atom is 0.470 e. The minimum Gasteiger partial charge on any atom is -0.328 e. The summed E-state index contributed by atoms with van der Waals surface area (Å²) in [6.45, 7) is 3.86. The molecule has 230 valence electrons. The monoisotopic (exact) mass is 583 g/mol. The lowest BCUT2D eigenvalue weighted by atomic mass is 9.97. The number of unbranched alkanes of at least 4 members (excludes halogenated alkanes) is 14. The molecule has 1 amide bonds. The first-order valence-electron chi connectivity index (χ1n) is 15.3. The molecular formula is C31H56N2O6P+. The van der Waals surface area contributed by atoms with Gasteiger partial charge < -0.3 is 19.6 Å². The molecule has 0 radical (unpaired) electrons. The fourth-order valence-corrected chi connectivity index (χ4v) is 5.57. The van der Waals surface area contributed by atoms with Gasteiger partial charge in [-0.05, 0) is 25.0 Å². The van der Waals surface area contributed by atoms with Crippen molar-refractivity contribution in [1.29, 1.82) is 0 Å². The molecular weight excluding hydrogens is 527 g/mol. The molecule has 1 atom stereocenters. The standard InChI is InChI=1S/C31H55N2O6P/c1-6-7-8-9-10-11-12-13-14-15-16-17-18-19-20-24-30(35)32-28-23-21-22-27(31(28)26(2)34)29(25-33(3,4)5)39-40(36,37)38/h21-23,29H,6-20,24-25H2,1-5H3,(H2-,32,34,35,36,37,38)/p+1. The Hall–Kier alpha value is -1.57. The second kappa shape index (κ2) is 19.5. The average molecular weight is 584 g/mol. The number of benzene rings is 1. The molecule has 0 spiro atoms. The number of phosphoric acid groups is 1. The van der Waals surface area contributed by atoms with Crippen molar-refractivity contribution in [3.8, 4) is 0 Å². The fourth-order valence-electron chi connectivity index (χ4n) is 5.06. The number of Topliss-reactive ketones (excluding diaryl/α,β-unsaturated/α-hetero) is 1. The third-order valence-electron chi connectivity index (χ3n) is 7.06. The van der Waals surface area contributed by atoms with Gasteiger partial charge >= 0.3 is 7.82 Å². The van der Waals surface area contributed by atoms with Crippen molar-refractivity contribution < 1.29 is 32.9 Å². The summed E-state index contributed by atoms with van der Waals surface area (Å²) in [7, 11) is 0.787. The molecule has 1 unspecified atom stereocenters. The minimum atomic E-state index is -4.82. The van der Waals surface area contributed by atoms with E-state index < -0.39 is 13.9 Å². The van der Waals surface area contributed by atoms with Crippen molar-refractivity contribution in [2.45, 2.75) is 123 Å². The largest absolute Gasteiger partial charge is 0.470 e. The smallest absolute Gasteiger partial charge is 0.328 e. The highest BCUT2D eigenvalue weighted by atomic mass is 31.2. The first-order chi connectivity index (χ1) is 18.8. The van der Waals surface area contributed by atoms with Gasteiger partial charge in [-0.25, -0.2) is 4.57 Å². The SMILES string of the molecule is CCCCCCCCCCCCCCCCCC(=O)Nc1cccc(C(C[N+](C)(C)C)OP(=O)(O)O)c1C(C)=O. The quantitative estimate of drug-likeness (QED) is 0.0522. The Balaban J connectivity index is 2.46. The predicted octanol–water partition coefficient (Wildman–Crippen LogP) is 7.95. The molecule has 0 aliphatic carbocycles. The van der Waals surface area contributed by atoms with E-state index in [9.17, 15) is 23.9 Å². The van der Waals surface area contributed by atoms with Crippen LogP contribution in [0.5, 0.6) is 0 Å². The summed E-state index contributed by atoms with van der Waals surface area (Å²) in [5.74, 6) is -0.480. The summed E-state index contributed by atoms with van der Waals surface area (Å²) in [6.07, 6.45) is 18.2. The van der Waals surface area contributed by atoms with Crippen LogP contribution in [0, 0.1) is 0 Å². The average Bonchev–Trinajstić information content (AvgIpc) is 2.84. The zero-order valence-corrected chi connectivity index (χ0v) is 26.6. The maximum atomic E-state index is 12.7. The van der Waals surface area contributed by atoms with Crippen molar-refractivity contribution in [2.75, 3.05) is 33.0 Å². The van der Waals surface area contributed by atoms with Crippen molar-refractivity contribution in [1.82, 2.24) is 0 Å². The van der Waals surface area contributed by atoms with E-state index in [1.54, 1.807) is 18.2 Å². The second-order valence-electron chi connectivity index (χ2n) is 12.1. The van der Waals surface area contributed by atoms with Gasteiger partial charge in [0.05, 0.1) is 26.8 Å². The van der Waals surface area contributed by atoms with Crippen LogP contribution < -0.4 is 5.32 Å². The van der Waals surface area contributed by atoms with E-state index in [0.717, 1.165) is 19.3 Å². The molecule has 0 fully saturated rings. The third-order valence-corrected chi connectivity index (χ3v) is 7.58. The van der Waals surface area contributed by atoms with E-state index in [1.807, 2.05) is 21.1 Å². The molecule has 0 bridgehead atoms. The van der Waals surface area contributed by atoms with Crippen molar-refractivity contribution in [3.63, 3.8) is 0 Å². The van der Waals surface area contributed by atoms with Gasteiger partial charge in [0.1, 0.15) is 12.6 Å². The summed E-state index contributed by atoms with van der Waals surface area (Å²) >= 11 is 0. The maximum absolute atomic E-state index is 12.7. The van der Waals surface area contributed by atoms with Crippen LogP contribution in [0.3, 0.4) is 0 Å². The minimum absolute atomic E-state index is 0.173. The lowest BCUT2D eigenvalue weighted by Gasteiger charge is -2.30. The predicted molar refractivity (Wildman–Crippen MR) is 163 cm³/mol. The van der Waals surface area contributed by atoms with Gasteiger partial charge in [0.25, 0.3) is 0 Å². The Morgan fingerprint density at radius 3 is 1.75 bits per heavy atom. The van der Waals surface area contributed by atoms with Gasteiger partial charge in [-0.2, -0.15) is 0 Å². The van der Waals surface area contributed by atoms with Gasteiger partial charge in [-0.1, -0.05) is 109 Å². The van der Waals surface area contributed by atoms with E-state index in [2.05, 4.69) is 12.2 Å². The van der Waals surface area contributed by atoms with Crippen LogP contribution in [-0.2, 0) is 13.9 Å². The van der Waals surface area contributed by atoms with Crippen molar-refractivity contribution in [2.24, 2.45) is 0 Å². The molecule has 8 nitrogen and oxygen atoms in total. The van der Waals surface area contributed by atoms with Crippen LogP contribution in [0.2, 0.25) is 0 Å². The number of carbonyl (C=O) groups is 2. The first kappa shape index (κ1) is 36.5. The molecule has 0 aliphatic heterocycles. The normalized spacial score (nSPS) is 12.9. The summed E-state index contributed by atoms with van der Waals surface area (Å²) in [5.41, 5.74) is 0.921. The number of phosphoric ester groups is 1. The molecule has 9 heteroatoms. The van der Waals surface area contributed by atoms with Crippen LogP contribution in [0.1, 0.15) is 139 Å². The molecule has 0 saturated heterocycles. The number of hydrogen-bond donors (Lipinski definition) is 3. The number of likely N-dealkylation sites (N-methyl/N-ethyl adjacent to an activating group) is 1. The molecule has 0 saturated carbocycles. The number of quaternary nitrogens is 1. The number of hydrogen-bond acceptors (Lipinski definition) is 4. The van der Waals surface area contributed by atoms with Gasteiger partial charge in [0, 0.05) is 12.0 Å². The first-order valence-corrected chi connectivity index (χ1v) is 16.8. The number of carbonyl (C=O) groups excluding carboxylic acids is 2. The topological polar surface area (TPSA) is 113 Å². The van der Waals surface area contributed by atoms with Crippen molar-refractivity contribution in [3.05, 3.63) is 29.3 Å². The van der Waals surface area contributed by atoms with Crippen LogP contribution >= 0.6 is 7.82 Å². The summed E-state index contributed by atoms with van der Waals surface area (Å²) in [4.78, 5) is 44.2. The van der Waals surface area contributed by atoms with Crippen LogP contribution in [0.25, 0.3) is 0 Å². The van der Waals surface area contributed by atoms with Gasteiger partial charge in [-0.3, -0.25) is 14.1 Å². The number of ketones is 1. The number of amides is 1. The van der Waals surface area contributed by atoms with Gasteiger partial charge in [0.15, 0.2) is 5.78 Å².